The van der Waals surface area contributed by atoms with Gasteiger partial charge in [0.15, 0.2) is 0 Å². The zero-order chi connectivity index (χ0) is 23.3. The fourth-order valence-electron chi connectivity index (χ4n) is 3.75. The van der Waals surface area contributed by atoms with Gasteiger partial charge in [0, 0.05) is 36.4 Å². The Morgan fingerprint density at radius 2 is 1.97 bits per heavy atom. The van der Waals surface area contributed by atoms with E-state index in [9.17, 15) is 13.2 Å². The number of hydrogen-bond donors (Lipinski definition) is 1. The molecule has 0 unspecified atom stereocenters. The van der Waals surface area contributed by atoms with Crippen molar-refractivity contribution in [2.75, 3.05) is 25.5 Å². The van der Waals surface area contributed by atoms with Gasteiger partial charge in [-0.25, -0.2) is 13.4 Å². The average molecular weight is 487 g/mol. The molecular formula is C23H26N4O4S2. The number of amides is 1. The molecule has 3 aromatic rings. The van der Waals surface area contributed by atoms with E-state index in [4.69, 9.17) is 4.74 Å². The molecule has 1 amide bonds. The van der Waals surface area contributed by atoms with Crippen LogP contribution in [0.1, 0.15) is 31.4 Å². The molecule has 1 fully saturated rings. The van der Waals surface area contributed by atoms with Gasteiger partial charge in [-0.3, -0.25) is 9.78 Å². The van der Waals surface area contributed by atoms with Crippen LogP contribution in [0, 0.1) is 0 Å². The average Bonchev–Trinajstić information content (AvgIpc) is 3.10. The van der Waals surface area contributed by atoms with Gasteiger partial charge in [0.05, 0.1) is 29.8 Å². The molecular weight excluding hydrogens is 460 g/mol. The summed E-state index contributed by atoms with van der Waals surface area (Å²) in [5.74, 6) is 0.0909. The molecule has 4 rings (SSSR count). The van der Waals surface area contributed by atoms with Crippen molar-refractivity contribution < 1.29 is 17.9 Å². The van der Waals surface area contributed by atoms with Gasteiger partial charge in [0.2, 0.25) is 15.9 Å². The zero-order valence-electron chi connectivity index (χ0n) is 18.4. The normalized spacial score (nSPS) is 15.1. The minimum Gasteiger partial charge on any atom is -0.495 e. The lowest BCUT2D eigenvalue weighted by molar-refractivity contribution is -0.115. The first kappa shape index (κ1) is 23.3. The van der Waals surface area contributed by atoms with Gasteiger partial charge in [-0.1, -0.05) is 12.8 Å². The lowest BCUT2D eigenvalue weighted by Gasteiger charge is -2.21. The number of aromatic nitrogens is 2. The first-order valence-corrected chi connectivity index (χ1v) is 13.1. The number of hydrogen-bond acceptors (Lipinski definition) is 7. The third-order valence-corrected chi connectivity index (χ3v) is 8.28. The maximum Gasteiger partial charge on any atom is 0.243 e. The first-order valence-electron chi connectivity index (χ1n) is 10.8. The van der Waals surface area contributed by atoms with Crippen LogP contribution in [0.25, 0.3) is 10.6 Å². The fourth-order valence-corrected chi connectivity index (χ4v) is 6.10. The highest BCUT2D eigenvalue weighted by atomic mass is 32.2. The molecule has 33 heavy (non-hydrogen) atoms. The van der Waals surface area contributed by atoms with Crippen LogP contribution in [-0.4, -0.2) is 48.8 Å². The number of methoxy groups -OCH3 is 1. The molecule has 0 aliphatic carbocycles. The van der Waals surface area contributed by atoms with Crippen LogP contribution in [0.5, 0.6) is 5.75 Å². The number of sulfonamides is 1. The second kappa shape index (κ2) is 10.4. The standard InChI is InChI=1S/C23H26N4O4S2/c1-31-21-9-8-19(33(29,30)27-11-4-2-3-5-12-27)14-20(21)26-22(28)13-18-16-32-23(25-18)17-7-6-10-24-15-17/h6-10,14-16H,2-5,11-13H2,1H3,(H,26,28). The molecule has 1 aromatic carbocycles. The summed E-state index contributed by atoms with van der Waals surface area (Å²) >= 11 is 1.44. The molecule has 10 heteroatoms. The number of ether oxygens (including phenoxy) is 1. The molecule has 1 saturated heterocycles. The number of nitrogens with one attached hydrogen (secondary N) is 1. The number of nitrogens with zero attached hydrogens (tertiary/aromatic N) is 3. The predicted octanol–water partition coefficient (Wildman–Crippen LogP) is 3.96. The van der Waals surface area contributed by atoms with Gasteiger partial charge in [0.1, 0.15) is 10.8 Å². The predicted molar refractivity (Wildman–Crippen MR) is 128 cm³/mol. The van der Waals surface area contributed by atoms with Crippen LogP contribution in [0.4, 0.5) is 5.69 Å². The van der Waals surface area contributed by atoms with E-state index in [0.717, 1.165) is 36.3 Å². The van der Waals surface area contributed by atoms with Crippen LogP contribution in [0.3, 0.4) is 0 Å². The third kappa shape index (κ3) is 5.58. The molecule has 1 aliphatic rings. The minimum atomic E-state index is -3.64. The van der Waals surface area contributed by atoms with E-state index in [1.165, 1.54) is 34.9 Å². The molecule has 3 heterocycles. The Morgan fingerprint density at radius 1 is 1.18 bits per heavy atom. The van der Waals surface area contributed by atoms with Gasteiger partial charge in [0.25, 0.3) is 0 Å². The van der Waals surface area contributed by atoms with E-state index >= 15 is 0 Å². The molecule has 174 valence electrons. The summed E-state index contributed by atoms with van der Waals surface area (Å²) < 4.78 is 33.2. The van der Waals surface area contributed by atoms with Gasteiger partial charge < -0.3 is 10.1 Å². The Bertz CT molecular complexity index is 1200. The molecule has 0 bridgehead atoms. The lowest BCUT2D eigenvalue weighted by atomic mass is 10.2. The van der Waals surface area contributed by atoms with Crippen molar-refractivity contribution in [1.29, 1.82) is 0 Å². The summed E-state index contributed by atoms with van der Waals surface area (Å²) in [5, 5.41) is 5.41. The van der Waals surface area contributed by atoms with Gasteiger partial charge in [-0.2, -0.15) is 4.31 Å². The van der Waals surface area contributed by atoms with Crippen molar-refractivity contribution >= 4 is 33.0 Å². The molecule has 0 radical (unpaired) electrons. The summed E-state index contributed by atoms with van der Waals surface area (Å²) in [6, 6.07) is 8.32. The second-order valence-electron chi connectivity index (χ2n) is 7.79. The summed E-state index contributed by atoms with van der Waals surface area (Å²) in [7, 11) is -2.16. The van der Waals surface area contributed by atoms with Crippen molar-refractivity contribution in [2.24, 2.45) is 0 Å². The lowest BCUT2D eigenvalue weighted by Crippen LogP contribution is -2.32. The minimum absolute atomic E-state index is 0.0586. The Labute approximate surface area is 197 Å². The quantitative estimate of drug-likeness (QED) is 0.542. The third-order valence-electron chi connectivity index (χ3n) is 5.45. The topological polar surface area (TPSA) is 101 Å². The van der Waals surface area contributed by atoms with Gasteiger partial charge in [-0.05, 0) is 43.2 Å². The number of rotatable bonds is 7. The SMILES string of the molecule is COc1ccc(S(=O)(=O)N2CCCCCC2)cc1NC(=O)Cc1csc(-c2cccnc2)n1. The van der Waals surface area contributed by atoms with E-state index in [1.807, 2.05) is 17.5 Å². The number of carbonyl (C=O) groups excluding carboxylic acids is 1. The monoisotopic (exact) mass is 486 g/mol. The maximum absolute atomic E-state index is 13.2. The second-order valence-corrected chi connectivity index (χ2v) is 10.6. The highest BCUT2D eigenvalue weighted by Crippen LogP contribution is 2.30. The van der Waals surface area contributed by atoms with E-state index in [0.29, 0.717) is 30.2 Å². The molecule has 0 spiro atoms. The summed E-state index contributed by atoms with van der Waals surface area (Å²) in [6.45, 7) is 1.03. The summed E-state index contributed by atoms with van der Waals surface area (Å²) in [6.07, 6.45) is 7.26. The highest BCUT2D eigenvalue weighted by molar-refractivity contribution is 7.89. The van der Waals surface area contributed by atoms with E-state index in [2.05, 4.69) is 15.3 Å². The van der Waals surface area contributed by atoms with Crippen LogP contribution >= 0.6 is 11.3 Å². The largest absolute Gasteiger partial charge is 0.495 e. The molecule has 1 N–H and O–H groups in total. The molecule has 0 atom stereocenters. The van der Waals surface area contributed by atoms with Crippen LogP contribution in [-0.2, 0) is 21.2 Å². The fraction of sp³-hybridized carbons (Fsp3) is 0.348. The van der Waals surface area contributed by atoms with Crippen molar-refractivity contribution in [1.82, 2.24) is 14.3 Å². The Morgan fingerprint density at radius 3 is 2.67 bits per heavy atom. The van der Waals surface area contributed by atoms with Crippen LogP contribution in [0.15, 0.2) is 53.0 Å². The van der Waals surface area contributed by atoms with E-state index in [-0.39, 0.29) is 17.2 Å². The van der Waals surface area contributed by atoms with Crippen LogP contribution in [0.2, 0.25) is 0 Å². The molecule has 1 aliphatic heterocycles. The maximum atomic E-state index is 13.2. The van der Waals surface area contributed by atoms with Crippen molar-refractivity contribution in [3.8, 4) is 16.3 Å². The summed E-state index contributed by atoms with van der Waals surface area (Å²) in [5.41, 5.74) is 1.84. The first-order chi connectivity index (χ1) is 16.0. The van der Waals surface area contributed by atoms with Gasteiger partial charge in [-0.15, -0.1) is 11.3 Å². The van der Waals surface area contributed by atoms with Crippen molar-refractivity contribution in [2.45, 2.75) is 37.0 Å². The number of pyridine rings is 1. The Kier molecular flexibility index (Phi) is 7.36. The van der Waals surface area contributed by atoms with Crippen LogP contribution < -0.4 is 10.1 Å². The van der Waals surface area contributed by atoms with Gasteiger partial charge >= 0.3 is 0 Å². The van der Waals surface area contributed by atoms with Crippen molar-refractivity contribution in [3.05, 3.63) is 53.8 Å². The Balaban J connectivity index is 1.50. The van der Waals surface area contributed by atoms with Crippen molar-refractivity contribution in [3.63, 3.8) is 0 Å². The van der Waals surface area contributed by atoms with E-state index < -0.39 is 10.0 Å². The number of carbonyl (C=O) groups is 1. The Hall–Kier alpha value is -2.82. The molecule has 2 aromatic heterocycles. The highest BCUT2D eigenvalue weighted by Gasteiger charge is 2.26. The molecule has 0 saturated carbocycles. The number of thiazole rings is 1. The number of anilines is 1. The number of benzene rings is 1. The smallest absolute Gasteiger partial charge is 0.243 e. The van der Waals surface area contributed by atoms with E-state index in [1.54, 1.807) is 18.5 Å². The summed E-state index contributed by atoms with van der Waals surface area (Å²) in [4.78, 5) is 21.5. The zero-order valence-corrected chi connectivity index (χ0v) is 20.0. The molecule has 8 nitrogen and oxygen atoms in total.